The van der Waals surface area contributed by atoms with Crippen LogP contribution < -0.4 is 29.0 Å². The molecule has 0 aromatic heterocycles. The lowest BCUT2D eigenvalue weighted by Gasteiger charge is -2.39. The molecule has 0 amide bonds. The fraction of sp³-hybridized carbons (Fsp3) is 0.333. The number of nitrogens with one attached hydrogen (secondary N) is 1. The standard InChI is InChI=1S/C23H22O7.C19H20F3NO2.ClH/c1-23(2)6-5-11-15(30-23)8-13(24)20-21(25)19-12-7-16(26-3)17(27-4)9-14(12)28-10-18(19)29-22(11)20;1-14(12-15-6-5-9-17(13-15)19(20,21)22)23-10-11-25-18(24)16-7-3-2-4-8-16;/h5-9,18-19,24H,10H2,1-4H3;2-9,13-14,23H,10-12H2,1H3;1H. The van der Waals surface area contributed by atoms with Crippen molar-refractivity contribution in [2.24, 2.45) is 0 Å². The molecule has 56 heavy (non-hydrogen) atoms. The summed E-state index contributed by atoms with van der Waals surface area (Å²) in [5.74, 6) is 0.945. The van der Waals surface area contributed by atoms with Crippen molar-refractivity contribution in [3.8, 4) is 34.5 Å². The van der Waals surface area contributed by atoms with Crippen LogP contribution in [0.1, 0.15) is 69.7 Å². The van der Waals surface area contributed by atoms with E-state index in [0.717, 1.165) is 12.1 Å². The molecular formula is C42H43ClF3NO9. The lowest BCUT2D eigenvalue weighted by Crippen LogP contribution is -2.43. The number of carbonyl (C=O) groups excluding carboxylic acids is 2. The minimum atomic E-state index is -4.34. The number of aromatic hydroxyl groups is 1. The minimum Gasteiger partial charge on any atom is -0.507 e. The first-order chi connectivity index (χ1) is 26.2. The second-order valence-corrected chi connectivity index (χ2v) is 13.9. The Hall–Kier alpha value is -5.40. The Kier molecular flexibility index (Phi) is 12.8. The van der Waals surface area contributed by atoms with E-state index >= 15 is 0 Å². The summed E-state index contributed by atoms with van der Waals surface area (Å²) in [5.41, 5.74) is 1.38. The van der Waals surface area contributed by atoms with Crippen LogP contribution in [0.25, 0.3) is 6.08 Å². The highest BCUT2D eigenvalue weighted by Gasteiger charge is 2.46. The Bertz CT molecular complexity index is 2090. The quantitative estimate of drug-likeness (QED) is 0.127. The Morgan fingerprint density at radius 2 is 1.71 bits per heavy atom. The Morgan fingerprint density at radius 1 is 1.00 bits per heavy atom. The van der Waals surface area contributed by atoms with Gasteiger partial charge in [0.25, 0.3) is 0 Å². The van der Waals surface area contributed by atoms with Crippen molar-refractivity contribution >= 4 is 30.2 Å². The van der Waals surface area contributed by atoms with Gasteiger partial charge in [-0.15, -0.1) is 12.4 Å². The van der Waals surface area contributed by atoms with Crippen LogP contribution >= 0.6 is 12.4 Å². The number of hydrogen-bond donors (Lipinski definition) is 2. The lowest BCUT2D eigenvalue weighted by molar-refractivity contribution is -0.137. The number of rotatable bonds is 9. The van der Waals surface area contributed by atoms with E-state index in [-0.39, 0.29) is 48.8 Å². The first kappa shape index (κ1) is 41.8. The van der Waals surface area contributed by atoms with Gasteiger partial charge in [0.05, 0.1) is 36.8 Å². The van der Waals surface area contributed by atoms with Crippen molar-refractivity contribution in [3.63, 3.8) is 0 Å². The number of methoxy groups -OCH3 is 2. The third-order valence-electron chi connectivity index (χ3n) is 9.34. The predicted molar refractivity (Wildman–Crippen MR) is 205 cm³/mol. The van der Waals surface area contributed by atoms with Crippen LogP contribution in [-0.4, -0.2) is 68.6 Å². The first-order valence-corrected chi connectivity index (χ1v) is 17.7. The maximum Gasteiger partial charge on any atom is 0.416 e. The van der Waals surface area contributed by atoms with Gasteiger partial charge in [0, 0.05) is 30.3 Å². The third kappa shape index (κ3) is 9.17. The average Bonchev–Trinajstić information content (AvgIpc) is 3.15. The molecular weight excluding hydrogens is 755 g/mol. The number of benzene rings is 4. The van der Waals surface area contributed by atoms with Crippen molar-refractivity contribution in [1.29, 1.82) is 0 Å². The van der Waals surface area contributed by atoms with Gasteiger partial charge < -0.3 is 38.8 Å². The highest BCUT2D eigenvalue weighted by molar-refractivity contribution is 6.08. The summed E-state index contributed by atoms with van der Waals surface area (Å²) in [7, 11) is 3.07. The average molecular weight is 798 g/mol. The van der Waals surface area contributed by atoms with Crippen molar-refractivity contribution < 1.29 is 56.3 Å². The molecule has 3 heterocycles. The van der Waals surface area contributed by atoms with E-state index in [9.17, 15) is 27.9 Å². The smallest absolute Gasteiger partial charge is 0.416 e. The number of halogens is 4. The fourth-order valence-corrected chi connectivity index (χ4v) is 6.68. The van der Waals surface area contributed by atoms with Crippen LogP contribution in [0, 0.1) is 0 Å². The summed E-state index contributed by atoms with van der Waals surface area (Å²) in [6.07, 6.45) is -0.647. The van der Waals surface area contributed by atoms with Gasteiger partial charge in [-0.05, 0) is 69.2 Å². The molecule has 3 atom stereocenters. The Labute approximate surface area is 328 Å². The van der Waals surface area contributed by atoms with Gasteiger partial charge >= 0.3 is 12.1 Å². The maximum absolute atomic E-state index is 13.6. The van der Waals surface area contributed by atoms with Gasteiger partial charge in [0.1, 0.15) is 53.5 Å². The molecule has 3 aliphatic heterocycles. The van der Waals surface area contributed by atoms with Gasteiger partial charge in [-0.25, -0.2) is 4.79 Å². The maximum atomic E-state index is 13.6. The minimum absolute atomic E-state index is 0. The van der Waals surface area contributed by atoms with Gasteiger partial charge in [-0.2, -0.15) is 13.2 Å². The normalized spacial score (nSPS) is 17.6. The van der Waals surface area contributed by atoms with Crippen LogP contribution in [-0.2, 0) is 17.3 Å². The summed E-state index contributed by atoms with van der Waals surface area (Å²) in [4.78, 5) is 25.3. The van der Waals surface area contributed by atoms with Crippen molar-refractivity contribution in [1.82, 2.24) is 5.32 Å². The van der Waals surface area contributed by atoms with E-state index in [4.69, 9.17) is 28.4 Å². The zero-order chi connectivity index (χ0) is 39.5. The van der Waals surface area contributed by atoms with Gasteiger partial charge in [0.2, 0.25) is 0 Å². The Morgan fingerprint density at radius 3 is 2.41 bits per heavy atom. The zero-order valence-electron chi connectivity index (χ0n) is 31.4. The molecule has 3 unspecified atom stereocenters. The summed E-state index contributed by atoms with van der Waals surface area (Å²) in [6.45, 7) is 6.52. The van der Waals surface area contributed by atoms with E-state index in [1.165, 1.54) is 19.2 Å². The number of fused-ring (bicyclic) bond motifs is 6. The molecule has 0 spiro atoms. The highest BCUT2D eigenvalue weighted by Crippen LogP contribution is 2.52. The number of Topliss-reactive ketones (excluding diaryl/α,β-unsaturated/α-hetero) is 1. The molecule has 3 aliphatic rings. The lowest BCUT2D eigenvalue weighted by atomic mass is 9.80. The molecule has 7 rings (SSSR count). The number of phenols is 1. The van der Waals surface area contributed by atoms with Crippen LogP contribution in [0.3, 0.4) is 0 Å². The topological polar surface area (TPSA) is 122 Å². The molecule has 0 radical (unpaired) electrons. The second kappa shape index (κ2) is 17.2. The van der Waals surface area contributed by atoms with Crippen LogP contribution in [0.15, 0.2) is 78.9 Å². The predicted octanol–water partition coefficient (Wildman–Crippen LogP) is 8.22. The fourth-order valence-electron chi connectivity index (χ4n) is 6.68. The highest BCUT2D eigenvalue weighted by atomic mass is 35.5. The van der Waals surface area contributed by atoms with Gasteiger partial charge in [-0.3, -0.25) is 4.79 Å². The van der Waals surface area contributed by atoms with E-state index in [1.54, 1.807) is 49.6 Å². The van der Waals surface area contributed by atoms with Crippen molar-refractivity contribution in [2.75, 3.05) is 34.0 Å². The van der Waals surface area contributed by atoms with Gasteiger partial charge in [-0.1, -0.05) is 36.4 Å². The van der Waals surface area contributed by atoms with Gasteiger partial charge in [0.15, 0.2) is 17.3 Å². The molecule has 0 fully saturated rings. The number of ketones is 1. The molecule has 4 aromatic carbocycles. The SMILES string of the molecule is CC(Cc1cccc(C(F)(F)F)c1)NCCOC(=O)c1ccccc1.COc1cc2c(cc1OC)C1C(=O)c3c(O)cc4c(c3OC1CO2)C=CC(C)(C)O4.Cl. The molecule has 14 heteroatoms. The molecule has 4 aromatic rings. The van der Waals surface area contributed by atoms with Crippen molar-refractivity contribution in [3.05, 3.63) is 112 Å². The molecule has 10 nitrogen and oxygen atoms in total. The summed E-state index contributed by atoms with van der Waals surface area (Å²) >= 11 is 0. The number of ether oxygens (including phenoxy) is 6. The molecule has 0 bridgehead atoms. The molecule has 2 N–H and O–H groups in total. The number of alkyl halides is 3. The first-order valence-electron chi connectivity index (χ1n) is 17.7. The molecule has 0 saturated carbocycles. The number of hydrogen-bond acceptors (Lipinski definition) is 10. The Balaban J connectivity index is 0.000000215. The second-order valence-electron chi connectivity index (χ2n) is 13.9. The van der Waals surface area contributed by atoms with Crippen LogP contribution in [0.4, 0.5) is 13.2 Å². The zero-order valence-corrected chi connectivity index (χ0v) is 32.2. The third-order valence-corrected chi connectivity index (χ3v) is 9.34. The molecule has 298 valence electrons. The van der Waals surface area contributed by atoms with Crippen molar-refractivity contribution in [2.45, 2.75) is 57.0 Å². The molecule has 0 saturated heterocycles. The monoisotopic (exact) mass is 797 g/mol. The van der Waals surface area contributed by atoms with Crippen LogP contribution in [0.5, 0.6) is 34.5 Å². The number of phenolic OH excluding ortho intramolecular Hbond substituents is 1. The summed E-state index contributed by atoms with van der Waals surface area (Å²) in [6, 6.07) is 18.9. The van der Waals surface area contributed by atoms with E-state index in [1.807, 2.05) is 39.0 Å². The molecule has 0 aliphatic carbocycles. The number of esters is 1. The summed E-state index contributed by atoms with van der Waals surface area (Å²) < 4.78 is 72.1. The van der Waals surface area contributed by atoms with Crippen LogP contribution in [0.2, 0.25) is 0 Å². The van der Waals surface area contributed by atoms with E-state index in [2.05, 4.69) is 5.32 Å². The largest absolute Gasteiger partial charge is 0.507 e. The van der Waals surface area contributed by atoms with E-state index < -0.39 is 35.3 Å². The van der Waals surface area contributed by atoms with E-state index in [0.29, 0.717) is 64.0 Å². The number of carbonyl (C=O) groups is 2. The summed E-state index contributed by atoms with van der Waals surface area (Å²) in [5, 5.41) is 13.8.